The van der Waals surface area contributed by atoms with Crippen LogP contribution in [0.3, 0.4) is 0 Å². The van der Waals surface area contributed by atoms with Gasteiger partial charge in [-0.25, -0.2) is 18.6 Å². The molecule has 2 aromatic rings. The third-order valence-electron chi connectivity index (χ3n) is 4.97. The van der Waals surface area contributed by atoms with Crippen LogP contribution in [0.2, 0.25) is 0 Å². The number of benzene rings is 1. The van der Waals surface area contributed by atoms with Gasteiger partial charge in [-0.05, 0) is 25.0 Å². The van der Waals surface area contributed by atoms with Crippen LogP contribution in [0, 0.1) is 11.6 Å². The number of nitrogens with two attached hydrogens (primary N) is 1. The number of likely N-dealkylation sites (tertiary alicyclic amines) is 1. The Labute approximate surface area is 153 Å². The zero-order chi connectivity index (χ0) is 19.1. The van der Waals surface area contributed by atoms with Gasteiger partial charge in [0, 0.05) is 31.1 Å². The van der Waals surface area contributed by atoms with E-state index in [1.54, 1.807) is 4.90 Å². The van der Waals surface area contributed by atoms with Gasteiger partial charge in [-0.3, -0.25) is 4.79 Å². The van der Waals surface area contributed by atoms with Gasteiger partial charge in [0.15, 0.2) is 0 Å². The zero-order valence-corrected chi connectivity index (χ0v) is 14.5. The number of rotatable bonds is 2. The highest BCUT2D eigenvalue weighted by molar-refractivity contribution is 5.87. The number of hydrogen-bond acceptors (Lipinski definition) is 4. The number of fused-ring (bicyclic) bond motifs is 1. The molecule has 2 N–H and O–H groups in total. The van der Waals surface area contributed by atoms with Crippen molar-refractivity contribution in [3.63, 3.8) is 0 Å². The monoisotopic (exact) mass is 376 g/mol. The first-order valence-corrected chi connectivity index (χ1v) is 8.72. The average Bonchev–Trinajstić information content (AvgIpc) is 3.26. The number of urea groups is 1. The SMILES string of the molecule is NC(=O)N1CCC[C@H]1C(=O)N1CCc2oc(-c3cc(F)cc(F)c3)nc2C1. The summed E-state index contributed by atoms with van der Waals surface area (Å²) in [6.45, 7) is 1.11. The van der Waals surface area contributed by atoms with Gasteiger partial charge in [0.25, 0.3) is 0 Å². The van der Waals surface area contributed by atoms with Crippen LogP contribution in [-0.2, 0) is 17.8 Å². The fourth-order valence-electron chi connectivity index (χ4n) is 3.69. The molecule has 2 aliphatic heterocycles. The lowest BCUT2D eigenvalue weighted by Gasteiger charge is -2.31. The Morgan fingerprint density at radius 3 is 2.63 bits per heavy atom. The predicted octanol–water partition coefficient (Wildman–Crippen LogP) is 2.05. The molecule has 0 bridgehead atoms. The van der Waals surface area contributed by atoms with Crippen molar-refractivity contribution in [3.8, 4) is 11.5 Å². The van der Waals surface area contributed by atoms with Crippen LogP contribution in [0.1, 0.15) is 24.3 Å². The summed E-state index contributed by atoms with van der Waals surface area (Å²) < 4.78 is 32.5. The number of carbonyl (C=O) groups excluding carboxylic acids is 2. The first-order chi connectivity index (χ1) is 12.9. The Bertz CT molecular complexity index is 894. The second-order valence-corrected chi connectivity index (χ2v) is 6.75. The smallest absolute Gasteiger partial charge is 0.315 e. The maximum Gasteiger partial charge on any atom is 0.315 e. The molecular weight excluding hydrogens is 358 g/mol. The van der Waals surface area contributed by atoms with Gasteiger partial charge in [-0.2, -0.15) is 0 Å². The molecule has 27 heavy (non-hydrogen) atoms. The summed E-state index contributed by atoms with van der Waals surface area (Å²) >= 11 is 0. The lowest BCUT2D eigenvalue weighted by Crippen LogP contribution is -2.50. The molecule has 1 atom stereocenters. The Balaban J connectivity index is 1.54. The third-order valence-corrected chi connectivity index (χ3v) is 4.97. The molecule has 2 aliphatic rings. The number of nitrogens with zero attached hydrogens (tertiary/aromatic N) is 3. The number of primary amides is 1. The second-order valence-electron chi connectivity index (χ2n) is 6.75. The van der Waals surface area contributed by atoms with Gasteiger partial charge >= 0.3 is 6.03 Å². The second kappa shape index (κ2) is 6.64. The molecule has 0 radical (unpaired) electrons. The molecule has 1 aromatic heterocycles. The van der Waals surface area contributed by atoms with Gasteiger partial charge < -0.3 is 20.0 Å². The van der Waals surface area contributed by atoms with Crippen LogP contribution < -0.4 is 5.73 Å². The minimum absolute atomic E-state index is 0.118. The number of halogens is 2. The van der Waals surface area contributed by atoms with E-state index in [9.17, 15) is 18.4 Å². The van der Waals surface area contributed by atoms with E-state index in [4.69, 9.17) is 10.2 Å². The molecule has 0 saturated carbocycles. The highest BCUT2D eigenvalue weighted by atomic mass is 19.1. The Hall–Kier alpha value is -2.97. The van der Waals surface area contributed by atoms with Crippen molar-refractivity contribution in [3.05, 3.63) is 41.3 Å². The van der Waals surface area contributed by atoms with Crippen LogP contribution in [0.4, 0.5) is 13.6 Å². The van der Waals surface area contributed by atoms with Crippen LogP contribution in [0.25, 0.3) is 11.5 Å². The van der Waals surface area contributed by atoms with Crippen LogP contribution >= 0.6 is 0 Å². The van der Waals surface area contributed by atoms with Crippen molar-refractivity contribution in [2.24, 2.45) is 5.73 Å². The van der Waals surface area contributed by atoms with E-state index in [0.717, 1.165) is 24.6 Å². The van der Waals surface area contributed by atoms with E-state index in [0.29, 0.717) is 37.4 Å². The largest absolute Gasteiger partial charge is 0.441 e. The number of hydrogen-bond donors (Lipinski definition) is 1. The summed E-state index contributed by atoms with van der Waals surface area (Å²) in [5.74, 6) is -0.890. The van der Waals surface area contributed by atoms with Crippen molar-refractivity contribution < 1.29 is 22.8 Å². The summed E-state index contributed by atoms with van der Waals surface area (Å²) in [5, 5.41) is 0. The molecule has 1 aromatic carbocycles. The quantitative estimate of drug-likeness (QED) is 0.868. The number of amides is 3. The molecule has 3 heterocycles. The van der Waals surface area contributed by atoms with Gasteiger partial charge in [-0.15, -0.1) is 0 Å². The fourth-order valence-corrected chi connectivity index (χ4v) is 3.69. The maximum absolute atomic E-state index is 13.4. The molecular formula is C18H18F2N4O3. The Morgan fingerprint density at radius 1 is 1.19 bits per heavy atom. The zero-order valence-electron chi connectivity index (χ0n) is 14.5. The van der Waals surface area contributed by atoms with Crippen molar-refractivity contribution in [2.45, 2.75) is 31.8 Å². The van der Waals surface area contributed by atoms with Crippen LogP contribution in [0.5, 0.6) is 0 Å². The summed E-state index contributed by atoms with van der Waals surface area (Å²) in [4.78, 5) is 31.6. The minimum Gasteiger partial charge on any atom is -0.441 e. The maximum atomic E-state index is 13.4. The van der Waals surface area contributed by atoms with E-state index in [1.165, 1.54) is 4.90 Å². The van der Waals surface area contributed by atoms with Gasteiger partial charge in [0.2, 0.25) is 11.8 Å². The molecule has 4 rings (SSSR count). The summed E-state index contributed by atoms with van der Waals surface area (Å²) in [6, 6.07) is 1.92. The van der Waals surface area contributed by atoms with E-state index in [1.807, 2.05) is 0 Å². The molecule has 0 aliphatic carbocycles. The van der Waals surface area contributed by atoms with Crippen LogP contribution in [-0.4, -0.2) is 45.9 Å². The average molecular weight is 376 g/mol. The Kier molecular flexibility index (Phi) is 4.29. The van der Waals surface area contributed by atoms with Gasteiger partial charge in [0.1, 0.15) is 29.1 Å². The topological polar surface area (TPSA) is 92.7 Å². The molecule has 7 nitrogen and oxygen atoms in total. The van der Waals surface area contributed by atoms with Gasteiger partial charge in [-0.1, -0.05) is 0 Å². The first kappa shape index (κ1) is 17.4. The number of carbonyl (C=O) groups is 2. The lowest BCUT2D eigenvalue weighted by molar-refractivity contribution is -0.136. The molecule has 1 fully saturated rings. The molecule has 142 valence electrons. The Morgan fingerprint density at radius 2 is 1.93 bits per heavy atom. The van der Waals surface area contributed by atoms with Crippen LogP contribution in [0.15, 0.2) is 22.6 Å². The molecule has 0 spiro atoms. The van der Waals surface area contributed by atoms with E-state index in [-0.39, 0.29) is 23.9 Å². The summed E-state index contributed by atoms with van der Waals surface area (Å²) in [7, 11) is 0. The number of aromatic nitrogens is 1. The van der Waals surface area contributed by atoms with Crippen molar-refractivity contribution in [2.75, 3.05) is 13.1 Å². The van der Waals surface area contributed by atoms with E-state index < -0.39 is 23.7 Å². The first-order valence-electron chi connectivity index (χ1n) is 8.72. The van der Waals surface area contributed by atoms with E-state index in [2.05, 4.69) is 4.98 Å². The molecule has 9 heteroatoms. The molecule has 0 unspecified atom stereocenters. The normalized spacial score (nSPS) is 19.3. The summed E-state index contributed by atoms with van der Waals surface area (Å²) in [5.41, 5.74) is 6.11. The van der Waals surface area contributed by atoms with Crippen molar-refractivity contribution in [1.29, 1.82) is 0 Å². The van der Waals surface area contributed by atoms with Gasteiger partial charge in [0.05, 0.1) is 6.54 Å². The number of oxazole rings is 1. The molecule has 3 amide bonds. The molecule has 1 saturated heterocycles. The third kappa shape index (κ3) is 3.24. The lowest BCUT2D eigenvalue weighted by atomic mass is 10.1. The predicted molar refractivity (Wildman–Crippen MR) is 90.3 cm³/mol. The minimum atomic E-state index is -0.717. The van der Waals surface area contributed by atoms with Crippen molar-refractivity contribution in [1.82, 2.24) is 14.8 Å². The van der Waals surface area contributed by atoms with E-state index >= 15 is 0 Å². The standard InChI is InChI=1S/C18H18F2N4O3/c19-11-6-10(7-12(20)8-11)16-22-13-9-23(5-3-15(13)27-16)17(25)14-2-1-4-24(14)18(21)26/h6-8,14H,1-5,9H2,(H2,21,26)/t14-/m0/s1. The highest BCUT2D eigenvalue weighted by Gasteiger charge is 2.37. The summed E-state index contributed by atoms with van der Waals surface area (Å²) in [6.07, 6.45) is 1.75. The fraction of sp³-hybridized carbons (Fsp3) is 0.389. The van der Waals surface area contributed by atoms with Crippen molar-refractivity contribution >= 4 is 11.9 Å². The highest BCUT2D eigenvalue weighted by Crippen LogP contribution is 2.28.